The lowest BCUT2D eigenvalue weighted by atomic mass is 9.97. The normalized spacial score (nSPS) is 11.2. The van der Waals surface area contributed by atoms with E-state index in [1.165, 1.54) is 0 Å². The summed E-state index contributed by atoms with van der Waals surface area (Å²) in [5.41, 5.74) is 7.84. The van der Waals surface area contributed by atoms with Crippen molar-refractivity contribution in [1.82, 2.24) is 19.9 Å². The Balaban J connectivity index is 1.15. The fourth-order valence-electron chi connectivity index (χ4n) is 5.52. The predicted molar refractivity (Wildman–Crippen MR) is 178 cm³/mol. The summed E-state index contributed by atoms with van der Waals surface area (Å²) in [6, 6.07) is 43.4. The fraction of sp³-hybridized carbons (Fsp3) is 0. The highest BCUT2D eigenvalue weighted by atomic mass is 16.3. The lowest BCUT2D eigenvalue weighted by Crippen LogP contribution is -2.01. The number of hydrogen-bond acceptors (Lipinski definition) is 6. The molecule has 0 saturated heterocycles. The van der Waals surface area contributed by atoms with Gasteiger partial charge in [0, 0.05) is 29.1 Å². The standard InChI is InChI=1S/C39H24N4O2/c44-36-32-13-4-5-14-34(32)45-35-20-19-30(23-33(35)36)29-11-6-10-28(22-29)25-15-17-27(18-16-25)38-41-37(26-8-2-1-3-9-26)42-39(43-38)31-12-7-21-40-24-31/h1-24H. The van der Waals surface area contributed by atoms with Gasteiger partial charge in [0.05, 0.1) is 10.8 Å². The van der Waals surface area contributed by atoms with E-state index in [0.717, 1.165) is 38.9 Å². The van der Waals surface area contributed by atoms with Crippen molar-refractivity contribution in [3.63, 3.8) is 0 Å². The molecular weight excluding hydrogens is 556 g/mol. The molecule has 0 fully saturated rings. The number of fused-ring (bicyclic) bond motifs is 2. The zero-order valence-corrected chi connectivity index (χ0v) is 24.0. The van der Waals surface area contributed by atoms with Crippen LogP contribution in [0.15, 0.2) is 155 Å². The Morgan fingerprint density at radius 3 is 1.73 bits per heavy atom. The molecule has 212 valence electrons. The van der Waals surface area contributed by atoms with Crippen LogP contribution in [0.3, 0.4) is 0 Å². The van der Waals surface area contributed by atoms with E-state index in [9.17, 15) is 4.79 Å². The van der Waals surface area contributed by atoms with Gasteiger partial charge >= 0.3 is 0 Å². The van der Waals surface area contributed by atoms with Crippen molar-refractivity contribution < 1.29 is 4.42 Å². The lowest BCUT2D eigenvalue weighted by molar-refractivity contribution is 0.660. The number of pyridine rings is 1. The molecule has 6 heteroatoms. The van der Waals surface area contributed by atoms with E-state index < -0.39 is 0 Å². The first-order chi connectivity index (χ1) is 22.2. The van der Waals surface area contributed by atoms with Crippen molar-refractivity contribution in [1.29, 1.82) is 0 Å². The number of hydrogen-bond donors (Lipinski definition) is 0. The Hall–Kier alpha value is -6.27. The lowest BCUT2D eigenvalue weighted by Gasteiger charge is -2.10. The summed E-state index contributed by atoms with van der Waals surface area (Å²) in [7, 11) is 0. The molecule has 8 aromatic rings. The van der Waals surface area contributed by atoms with E-state index in [1.807, 2.05) is 97.1 Å². The summed E-state index contributed by atoms with van der Waals surface area (Å²) in [5, 5.41) is 1.15. The van der Waals surface area contributed by atoms with Crippen molar-refractivity contribution in [2.24, 2.45) is 0 Å². The molecule has 0 saturated carbocycles. The van der Waals surface area contributed by atoms with Crippen LogP contribution in [-0.4, -0.2) is 19.9 Å². The molecule has 3 aromatic heterocycles. The Labute approximate surface area is 258 Å². The van der Waals surface area contributed by atoms with Crippen LogP contribution in [0.4, 0.5) is 0 Å². The summed E-state index contributed by atoms with van der Waals surface area (Å²) in [6.07, 6.45) is 3.49. The van der Waals surface area contributed by atoms with E-state index >= 15 is 0 Å². The van der Waals surface area contributed by atoms with Gasteiger partial charge in [-0.1, -0.05) is 91.0 Å². The fourth-order valence-corrected chi connectivity index (χ4v) is 5.52. The van der Waals surface area contributed by atoms with Crippen LogP contribution in [-0.2, 0) is 0 Å². The van der Waals surface area contributed by atoms with Gasteiger partial charge in [0.1, 0.15) is 11.2 Å². The van der Waals surface area contributed by atoms with Crippen molar-refractivity contribution in [2.45, 2.75) is 0 Å². The van der Waals surface area contributed by atoms with Crippen LogP contribution >= 0.6 is 0 Å². The third-order valence-corrected chi connectivity index (χ3v) is 7.84. The van der Waals surface area contributed by atoms with E-state index in [1.54, 1.807) is 18.5 Å². The van der Waals surface area contributed by atoms with Gasteiger partial charge in [-0.3, -0.25) is 9.78 Å². The maximum absolute atomic E-state index is 13.2. The quantitative estimate of drug-likeness (QED) is 0.189. The SMILES string of the molecule is O=c1c2ccccc2oc2ccc(-c3cccc(-c4ccc(-c5nc(-c6ccccc6)nc(-c6cccnc6)n5)cc4)c3)cc12. The van der Waals surface area contributed by atoms with Crippen LogP contribution in [0, 0.1) is 0 Å². The first-order valence-corrected chi connectivity index (χ1v) is 14.6. The maximum Gasteiger partial charge on any atom is 0.200 e. The minimum atomic E-state index is -0.0270. The molecule has 45 heavy (non-hydrogen) atoms. The van der Waals surface area contributed by atoms with Crippen LogP contribution in [0.25, 0.3) is 78.4 Å². The highest BCUT2D eigenvalue weighted by Gasteiger charge is 2.13. The number of nitrogens with zero attached hydrogens (tertiary/aromatic N) is 4. The predicted octanol–water partition coefficient (Wildman–Crippen LogP) is 8.86. The molecule has 5 aromatic carbocycles. The topological polar surface area (TPSA) is 81.8 Å². The highest BCUT2D eigenvalue weighted by Crippen LogP contribution is 2.31. The molecule has 0 aliphatic heterocycles. The zero-order valence-electron chi connectivity index (χ0n) is 24.0. The monoisotopic (exact) mass is 580 g/mol. The second kappa shape index (κ2) is 11.1. The first kappa shape index (κ1) is 26.4. The van der Waals surface area contributed by atoms with Gasteiger partial charge in [0.25, 0.3) is 0 Å². The van der Waals surface area contributed by atoms with Crippen molar-refractivity contribution in [2.75, 3.05) is 0 Å². The minimum absolute atomic E-state index is 0.0270. The van der Waals surface area contributed by atoms with Gasteiger partial charge < -0.3 is 4.42 Å². The van der Waals surface area contributed by atoms with E-state index in [4.69, 9.17) is 19.4 Å². The molecule has 0 bridgehead atoms. The number of aromatic nitrogens is 4. The second-order valence-electron chi connectivity index (χ2n) is 10.7. The largest absolute Gasteiger partial charge is 0.456 e. The molecule has 0 amide bonds. The van der Waals surface area contributed by atoms with E-state index in [2.05, 4.69) is 35.3 Å². The molecule has 3 heterocycles. The average Bonchev–Trinajstić information content (AvgIpc) is 3.12. The molecule has 0 aliphatic carbocycles. The molecule has 6 nitrogen and oxygen atoms in total. The van der Waals surface area contributed by atoms with E-state index in [0.29, 0.717) is 39.4 Å². The van der Waals surface area contributed by atoms with Gasteiger partial charge in [0.15, 0.2) is 17.5 Å². The Morgan fingerprint density at radius 2 is 0.978 bits per heavy atom. The van der Waals surface area contributed by atoms with Crippen LogP contribution < -0.4 is 5.43 Å². The maximum atomic E-state index is 13.2. The van der Waals surface area contributed by atoms with E-state index in [-0.39, 0.29) is 5.43 Å². The van der Waals surface area contributed by atoms with Gasteiger partial charge in [-0.25, -0.2) is 15.0 Å². The molecule has 0 spiro atoms. The second-order valence-corrected chi connectivity index (χ2v) is 10.7. The number of benzene rings is 5. The van der Waals surface area contributed by atoms with Crippen LogP contribution in [0.2, 0.25) is 0 Å². The highest BCUT2D eigenvalue weighted by molar-refractivity contribution is 5.92. The average molecular weight is 581 g/mol. The molecule has 0 aliphatic rings. The van der Waals surface area contributed by atoms with Gasteiger partial charge in [0.2, 0.25) is 5.43 Å². The Morgan fingerprint density at radius 1 is 0.422 bits per heavy atom. The third-order valence-electron chi connectivity index (χ3n) is 7.84. The van der Waals surface area contributed by atoms with Crippen molar-refractivity contribution in [3.05, 3.63) is 156 Å². The Bertz CT molecular complexity index is 2330. The van der Waals surface area contributed by atoms with Crippen LogP contribution in [0.5, 0.6) is 0 Å². The smallest absolute Gasteiger partial charge is 0.200 e. The third kappa shape index (κ3) is 5.04. The van der Waals surface area contributed by atoms with Crippen molar-refractivity contribution >= 4 is 21.9 Å². The summed E-state index contributed by atoms with van der Waals surface area (Å²) in [6.45, 7) is 0. The molecule has 8 rings (SSSR count). The summed E-state index contributed by atoms with van der Waals surface area (Å²) >= 11 is 0. The molecular formula is C39H24N4O2. The molecule has 0 radical (unpaired) electrons. The minimum Gasteiger partial charge on any atom is -0.456 e. The zero-order chi connectivity index (χ0) is 30.2. The summed E-state index contributed by atoms with van der Waals surface area (Å²) in [4.78, 5) is 31.9. The summed E-state index contributed by atoms with van der Waals surface area (Å²) < 4.78 is 6.01. The van der Waals surface area contributed by atoms with Gasteiger partial charge in [-0.05, 0) is 64.7 Å². The molecule has 0 unspecified atom stereocenters. The summed E-state index contributed by atoms with van der Waals surface area (Å²) in [5.74, 6) is 1.76. The van der Waals surface area contributed by atoms with Crippen molar-refractivity contribution in [3.8, 4) is 56.4 Å². The van der Waals surface area contributed by atoms with Gasteiger partial charge in [-0.2, -0.15) is 0 Å². The first-order valence-electron chi connectivity index (χ1n) is 14.6. The molecule has 0 N–H and O–H groups in total. The van der Waals surface area contributed by atoms with Crippen LogP contribution in [0.1, 0.15) is 0 Å². The van der Waals surface area contributed by atoms with Gasteiger partial charge in [-0.15, -0.1) is 0 Å². The number of rotatable bonds is 5. The number of para-hydroxylation sites is 1. The molecule has 0 atom stereocenters. The Kier molecular flexibility index (Phi) is 6.50.